The molecule has 0 saturated carbocycles. The fourth-order valence-corrected chi connectivity index (χ4v) is 9.61. The van der Waals surface area contributed by atoms with Crippen molar-refractivity contribution < 1.29 is 0 Å². The maximum atomic E-state index is 2.47. The van der Waals surface area contributed by atoms with Gasteiger partial charge in [-0.05, 0) is 101 Å². The van der Waals surface area contributed by atoms with Crippen molar-refractivity contribution in [3.8, 4) is 22.5 Å². The second-order valence-electron chi connectivity index (χ2n) is 13.7. The predicted octanol–water partition coefficient (Wildman–Crippen LogP) is 13.1. The minimum atomic E-state index is 0.290. The minimum Gasteiger partial charge on any atom is -0.310 e. The third kappa shape index (κ3) is 4.42. The third-order valence-corrected chi connectivity index (χ3v) is 12.0. The molecule has 0 saturated heterocycles. The Morgan fingerprint density at radius 1 is 0.451 bits per heavy atom. The number of fused-ring (bicyclic) bond motifs is 9. The highest BCUT2D eigenvalue weighted by Crippen LogP contribution is 2.42. The van der Waals surface area contributed by atoms with Gasteiger partial charge in [0.2, 0.25) is 0 Å². The van der Waals surface area contributed by atoms with Gasteiger partial charge in [0, 0.05) is 59.3 Å². The van der Waals surface area contributed by atoms with Crippen molar-refractivity contribution in [1.82, 2.24) is 9.13 Å². The van der Waals surface area contributed by atoms with Gasteiger partial charge in [0.15, 0.2) is 0 Å². The van der Waals surface area contributed by atoms with E-state index in [-0.39, 0.29) is 0 Å². The maximum absolute atomic E-state index is 2.47. The van der Waals surface area contributed by atoms with Crippen LogP contribution in [0, 0.1) is 0 Å². The van der Waals surface area contributed by atoms with E-state index in [4.69, 9.17) is 0 Å². The zero-order valence-corrected chi connectivity index (χ0v) is 28.6. The molecule has 0 N–H and O–H groups in total. The van der Waals surface area contributed by atoms with Gasteiger partial charge in [-0.3, -0.25) is 0 Å². The third-order valence-electron chi connectivity index (χ3n) is 10.9. The van der Waals surface area contributed by atoms with Gasteiger partial charge in [-0.25, -0.2) is 0 Å². The quantitative estimate of drug-likeness (QED) is 0.177. The molecule has 3 heteroatoms. The number of allylic oxidation sites excluding steroid dienone is 1. The van der Waals surface area contributed by atoms with Gasteiger partial charge in [-0.15, -0.1) is 11.3 Å². The first kappa shape index (κ1) is 28.7. The van der Waals surface area contributed by atoms with E-state index >= 15 is 0 Å². The van der Waals surface area contributed by atoms with Crippen LogP contribution in [0.1, 0.15) is 22.7 Å². The number of nitrogens with zero attached hydrogens (tertiary/aromatic N) is 2. The lowest BCUT2D eigenvalue weighted by Gasteiger charge is -2.20. The van der Waals surface area contributed by atoms with Crippen LogP contribution in [0.15, 0.2) is 170 Å². The van der Waals surface area contributed by atoms with Crippen molar-refractivity contribution in [3.05, 3.63) is 187 Å². The molecule has 0 radical (unpaired) electrons. The molecular weight excluding hydrogens is 637 g/mol. The largest absolute Gasteiger partial charge is 0.310 e. The Morgan fingerprint density at radius 2 is 1.14 bits per heavy atom. The molecule has 0 spiro atoms. The Balaban J connectivity index is 1.01. The second-order valence-corrected chi connectivity index (χ2v) is 14.8. The first-order valence-corrected chi connectivity index (χ1v) is 18.5. The number of hydrogen-bond donors (Lipinski definition) is 0. The lowest BCUT2D eigenvalue weighted by molar-refractivity contribution is 0.826. The molecule has 1 aliphatic carbocycles. The number of aromatic nitrogens is 2. The number of para-hydroxylation sites is 3. The zero-order valence-electron chi connectivity index (χ0n) is 27.8. The van der Waals surface area contributed by atoms with Crippen LogP contribution in [-0.4, -0.2) is 9.13 Å². The fourth-order valence-electron chi connectivity index (χ4n) is 8.53. The van der Waals surface area contributed by atoms with Crippen molar-refractivity contribution in [2.24, 2.45) is 0 Å². The van der Waals surface area contributed by atoms with Gasteiger partial charge >= 0.3 is 0 Å². The number of hydrogen-bond acceptors (Lipinski definition) is 1. The van der Waals surface area contributed by atoms with Crippen molar-refractivity contribution in [2.45, 2.75) is 12.3 Å². The molecule has 10 aromatic rings. The van der Waals surface area contributed by atoms with Gasteiger partial charge < -0.3 is 9.13 Å². The Morgan fingerprint density at radius 3 is 2.02 bits per heavy atom. The monoisotopic (exact) mass is 668 g/mol. The van der Waals surface area contributed by atoms with Crippen molar-refractivity contribution in [3.63, 3.8) is 0 Å². The van der Waals surface area contributed by atoms with Crippen LogP contribution in [0.5, 0.6) is 0 Å². The molecule has 0 bridgehead atoms. The number of benzene rings is 7. The number of thiophene rings is 1. The average Bonchev–Trinajstić information content (AvgIpc) is 3.85. The van der Waals surface area contributed by atoms with Crippen LogP contribution in [-0.2, 0) is 6.42 Å². The van der Waals surface area contributed by atoms with Crippen LogP contribution >= 0.6 is 11.3 Å². The van der Waals surface area contributed by atoms with Crippen molar-refractivity contribution in [1.29, 1.82) is 0 Å². The zero-order chi connectivity index (χ0) is 33.5. The van der Waals surface area contributed by atoms with Crippen LogP contribution in [0.4, 0.5) is 0 Å². The van der Waals surface area contributed by atoms with E-state index in [1.165, 1.54) is 92.2 Å². The SMILES string of the molecule is C1=CC(c2ccc3c(c2)c2ccccc2n3-c2ccccc2)Cc2c1n(-c1cccc(-c3ccc4sc5ccccc5c4c3)c1)c1ccccc21. The molecule has 1 unspecified atom stereocenters. The standard InChI is InChI=1S/C48H32N2S/c1-2-12-35(13-3-1)49-43-18-7-4-15-37(43)40-28-32(21-24-45(40)49)33-22-25-46-41(29-33)38-16-5-8-19-44(38)50(46)36-14-10-11-31(27-36)34-23-26-48-42(30-34)39-17-6-9-20-47(39)51-48/h1-28,30,33H,29H2. The van der Waals surface area contributed by atoms with Crippen molar-refractivity contribution in [2.75, 3.05) is 0 Å². The smallest absolute Gasteiger partial charge is 0.0541 e. The van der Waals surface area contributed by atoms with E-state index < -0.39 is 0 Å². The normalized spacial score (nSPS) is 14.3. The number of rotatable bonds is 4. The van der Waals surface area contributed by atoms with Crippen LogP contribution in [0.2, 0.25) is 0 Å². The molecule has 11 rings (SSSR count). The molecule has 3 aromatic heterocycles. The highest BCUT2D eigenvalue weighted by molar-refractivity contribution is 7.25. The Labute approximate surface area is 299 Å². The van der Waals surface area contributed by atoms with Crippen LogP contribution in [0.25, 0.3) is 81.5 Å². The molecular formula is C48H32N2S. The molecule has 0 aliphatic heterocycles. The summed E-state index contributed by atoms with van der Waals surface area (Å²) >= 11 is 1.87. The molecule has 0 amide bonds. The molecule has 0 fully saturated rings. The summed E-state index contributed by atoms with van der Waals surface area (Å²) in [4.78, 5) is 0. The Hall–Kier alpha value is -6.16. The van der Waals surface area contributed by atoms with E-state index in [2.05, 4.69) is 185 Å². The minimum absolute atomic E-state index is 0.290. The first-order valence-electron chi connectivity index (χ1n) is 17.7. The summed E-state index contributed by atoms with van der Waals surface area (Å²) in [6, 6.07) is 60.3. The molecule has 2 nitrogen and oxygen atoms in total. The molecule has 1 atom stereocenters. The topological polar surface area (TPSA) is 9.86 Å². The van der Waals surface area contributed by atoms with Gasteiger partial charge in [0.05, 0.1) is 16.6 Å². The highest BCUT2D eigenvalue weighted by Gasteiger charge is 2.24. The fraction of sp³-hybridized carbons (Fsp3) is 0.0417. The summed E-state index contributed by atoms with van der Waals surface area (Å²) in [7, 11) is 0. The van der Waals surface area contributed by atoms with Gasteiger partial charge in [-0.1, -0.05) is 103 Å². The second kappa shape index (κ2) is 11.2. The van der Waals surface area contributed by atoms with E-state index in [0.29, 0.717) is 5.92 Å². The van der Waals surface area contributed by atoms with Gasteiger partial charge in [0.25, 0.3) is 0 Å². The van der Waals surface area contributed by atoms with E-state index in [0.717, 1.165) is 6.42 Å². The molecule has 3 heterocycles. The van der Waals surface area contributed by atoms with E-state index in [9.17, 15) is 0 Å². The molecule has 51 heavy (non-hydrogen) atoms. The average molecular weight is 669 g/mol. The summed E-state index contributed by atoms with van der Waals surface area (Å²) in [6.07, 6.45) is 5.76. The van der Waals surface area contributed by atoms with Crippen LogP contribution < -0.4 is 0 Å². The van der Waals surface area contributed by atoms with E-state index in [1.807, 2.05) is 11.3 Å². The summed E-state index contributed by atoms with van der Waals surface area (Å²) in [6.45, 7) is 0. The Kier molecular flexibility index (Phi) is 6.28. The summed E-state index contributed by atoms with van der Waals surface area (Å²) in [5.74, 6) is 0.290. The lowest BCUT2D eigenvalue weighted by atomic mass is 9.86. The van der Waals surface area contributed by atoms with Gasteiger partial charge in [-0.2, -0.15) is 0 Å². The summed E-state index contributed by atoms with van der Waals surface area (Å²) in [5.41, 5.74) is 12.7. The lowest BCUT2D eigenvalue weighted by Crippen LogP contribution is -2.07. The Bertz CT molecular complexity index is 3010. The van der Waals surface area contributed by atoms with Crippen LogP contribution in [0.3, 0.4) is 0 Å². The van der Waals surface area contributed by atoms with Crippen molar-refractivity contribution >= 4 is 70.3 Å². The maximum Gasteiger partial charge on any atom is 0.0541 e. The summed E-state index contributed by atoms with van der Waals surface area (Å²) < 4.78 is 7.54. The molecule has 1 aliphatic rings. The first-order chi connectivity index (χ1) is 25.3. The predicted molar refractivity (Wildman–Crippen MR) is 218 cm³/mol. The summed E-state index contributed by atoms with van der Waals surface area (Å²) in [5, 5.41) is 6.60. The van der Waals surface area contributed by atoms with Gasteiger partial charge in [0.1, 0.15) is 0 Å². The highest BCUT2D eigenvalue weighted by atomic mass is 32.1. The molecule has 240 valence electrons. The van der Waals surface area contributed by atoms with E-state index in [1.54, 1.807) is 0 Å². The molecule has 7 aromatic carbocycles.